The van der Waals surface area contributed by atoms with Gasteiger partial charge in [0.15, 0.2) is 5.16 Å². The van der Waals surface area contributed by atoms with Crippen LogP contribution in [0.3, 0.4) is 0 Å². The van der Waals surface area contributed by atoms with E-state index in [1.54, 1.807) is 26.1 Å². The highest BCUT2D eigenvalue weighted by atomic mass is 32.2. The molecule has 1 aromatic carbocycles. The van der Waals surface area contributed by atoms with Gasteiger partial charge in [-0.2, -0.15) is 0 Å². The topological polar surface area (TPSA) is 64.0 Å². The number of aryl methyl sites for hydroxylation is 1. The van der Waals surface area contributed by atoms with Crippen molar-refractivity contribution in [3.05, 3.63) is 57.3 Å². The zero-order valence-electron chi connectivity index (χ0n) is 17.8. The van der Waals surface area contributed by atoms with E-state index >= 15 is 0 Å². The summed E-state index contributed by atoms with van der Waals surface area (Å²) in [4.78, 5) is 30.1. The first kappa shape index (κ1) is 23.1. The van der Waals surface area contributed by atoms with E-state index in [9.17, 15) is 14.0 Å². The van der Waals surface area contributed by atoms with Crippen LogP contribution in [-0.2, 0) is 18.3 Å². The molecule has 0 aliphatic carbocycles. The maximum absolute atomic E-state index is 13.1. The van der Waals surface area contributed by atoms with Gasteiger partial charge in [0, 0.05) is 31.3 Å². The fraction of sp³-hybridized carbons (Fsp3) is 0.500. The monoisotopic (exact) mass is 419 g/mol. The summed E-state index contributed by atoms with van der Waals surface area (Å²) in [6.07, 6.45) is 1.97. The van der Waals surface area contributed by atoms with E-state index in [-0.39, 0.29) is 22.5 Å². The Morgan fingerprint density at radius 2 is 1.93 bits per heavy atom. The first-order chi connectivity index (χ1) is 13.7. The standard InChI is InChI=1S/C22H30FN3O2S/c1-6-7-19(20(27)24-13-14(2)3)29-22-25-15(4)18(21(28)26(22)5)12-16-8-10-17(23)11-9-16/h8-11,14,19H,6-7,12-13H2,1-5H3,(H,24,27). The summed E-state index contributed by atoms with van der Waals surface area (Å²) in [5, 5.41) is 3.22. The number of carbonyl (C=O) groups excluding carboxylic acids is 1. The maximum Gasteiger partial charge on any atom is 0.257 e. The number of benzene rings is 1. The predicted molar refractivity (Wildman–Crippen MR) is 116 cm³/mol. The van der Waals surface area contributed by atoms with Gasteiger partial charge in [0.2, 0.25) is 5.91 Å². The lowest BCUT2D eigenvalue weighted by Gasteiger charge is -2.18. The SMILES string of the molecule is CCCC(Sc1nc(C)c(Cc2ccc(F)cc2)c(=O)n1C)C(=O)NCC(C)C. The zero-order valence-corrected chi connectivity index (χ0v) is 18.6. The normalized spacial score (nSPS) is 12.2. The number of halogens is 1. The third kappa shape index (κ3) is 6.42. The van der Waals surface area contributed by atoms with Crippen molar-refractivity contribution >= 4 is 17.7 Å². The van der Waals surface area contributed by atoms with Crippen LogP contribution in [0.4, 0.5) is 4.39 Å². The van der Waals surface area contributed by atoms with Crippen molar-refractivity contribution in [1.82, 2.24) is 14.9 Å². The Kier molecular flexibility index (Phi) is 8.44. The lowest BCUT2D eigenvalue weighted by molar-refractivity contribution is -0.120. The van der Waals surface area contributed by atoms with E-state index in [4.69, 9.17) is 0 Å². The molecule has 0 aliphatic rings. The highest BCUT2D eigenvalue weighted by molar-refractivity contribution is 8.00. The lowest BCUT2D eigenvalue weighted by atomic mass is 10.1. The molecule has 29 heavy (non-hydrogen) atoms. The number of carbonyl (C=O) groups is 1. The molecule has 2 rings (SSSR count). The summed E-state index contributed by atoms with van der Waals surface area (Å²) in [7, 11) is 1.68. The van der Waals surface area contributed by atoms with E-state index in [1.165, 1.54) is 28.5 Å². The van der Waals surface area contributed by atoms with E-state index in [0.717, 1.165) is 12.0 Å². The molecule has 2 aromatic rings. The Morgan fingerprint density at radius 3 is 2.52 bits per heavy atom. The highest BCUT2D eigenvalue weighted by Crippen LogP contribution is 2.25. The van der Waals surface area contributed by atoms with Crippen LogP contribution < -0.4 is 10.9 Å². The molecular formula is C22H30FN3O2S. The van der Waals surface area contributed by atoms with Gasteiger partial charge in [-0.15, -0.1) is 0 Å². The molecule has 5 nitrogen and oxygen atoms in total. The average molecular weight is 420 g/mol. The molecule has 1 atom stereocenters. The Labute approximate surface area is 176 Å². The fourth-order valence-electron chi connectivity index (χ4n) is 2.90. The van der Waals surface area contributed by atoms with Gasteiger partial charge in [-0.05, 0) is 37.0 Å². The van der Waals surface area contributed by atoms with Gasteiger partial charge >= 0.3 is 0 Å². The van der Waals surface area contributed by atoms with Crippen molar-refractivity contribution in [3.63, 3.8) is 0 Å². The largest absolute Gasteiger partial charge is 0.355 e. The van der Waals surface area contributed by atoms with Crippen molar-refractivity contribution in [1.29, 1.82) is 0 Å². The number of nitrogens with zero attached hydrogens (tertiary/aromatic N) is 2. The molecule has 1 unspecified atom stereocenters. The van der Waals surface area contributed by atoms with Gasteiger partial charge in [0.25, 0.3) is 5.56 Å². The molecule has 0 radical (unpaired) electrons. The predicted octanol–water partition coefficient (Wildman–Crippen LogP) is 3.85. The number of thioether (sulfide) groups is 1. The molecule has 1 N–H and O–H groups in total. The number of nitrogens with one attached hydrogen (secondary N) is 1. The van der Waals surface area contributed by atoms with Crippen LogP contribution >= 0.6 is 11.8 Å². The second-order valence-corrected chi connectivity index (χ2v) is 8.83. The highest BCUT2D eigenvalue weighted by Gasteiger charge is 2.22. The average Bonchev–Trinajstić information content (AvgIpc) is 2.68. The van der Waals surface area contributed by atoms with E-state index in [2.05, 4.69) is 24.1 Å². The van der Waals surface area contributed by atoms with Crippen molar-refractivity contribution < 1.29 is 9.18 Å². The minimum Gasteiger partial charge on any atom is -0.355 e. The zero-order chi connectivity index (χ0) is 21.6. The molecule has 1 amide bonds. The van der Waals surface area contributed by atoms with Gasteiger partial charge < -0.3 is 5.32 Å². The summed E-state index contributed by atoms with van der Waals surface area (Å²) < 4.78 is 14.6. The smallest absolute Gasteiger partial charge is 0.257 e. The Balaban J connectivity index is 2.25. The van der Waals surface area contributed by atoms with Crippen molar-refractivity contribution in [2.75, 3.05) is 6.54 Å². The summed E-state index contributed by atoms with van der Waals surface area (Å²) in [6.45, 7) is 8.57. The second-order valence-electron chi connectivity index (χ2n) is 7.66. The van der Waals surface area contributed by atoms with Gasteiger partial charge in [-0.1, -0.05) is 51.1 Å². The number of rotatable bonds is 9. The van der Waals surface area contributed by atoms with Crippen LogP contribution in [0.1, 0.15) is 50.4 Å². The van der Waals surface area contributed by atoms with Crippen molar-refractivity contribution in [2.45, 2.75) is 57.4 Å². The molecule has 0 aliphatic heterocycles. The first-order valence-corrected chi connectivity index (χ1v) is 10.9. The molecule has 0 saturated heterocycles. The van der Waals surface area contributed by atoms with Gasteiger partial charge in [-0.3, -0.25) is 14.2 Å². The number of hydrogen-bond acceptors (Lipinski definition) is 4. The molecule has 0 saturated carbocycles. The maximum atomic E-state index is 13.1. The number of amides is 1. The second kappa shape index (κ2) is 10.6. The first-order valence-electron chi connectivity index (χ1n) is 9.98. The van der Waals surface area contributed by atoms with E-state index in [0.29, 0.717) is 41.7 Å². The Hall–Kier alpha value is -2.15. The van der Waals surface area contributed by atoms with Crippen molar-refractivity contribution in [3.8, 4) is 0 Å². The molecule has 0 fully saturated rings. The van der Waals surface area contributed by atoms with Crippen LogP contribution in [0, 0.1) is 18.7 Å². The summed E-state index contributed by atoms with van der Waals surface area (Å²) in [5.74, 6) is 0.0514. The Bertz CT molecular complexity index is 894. The molecule has 0 bridgehead atoms. The summed E-state index contributed by atoms with van der Waals surface area (Å²) in [5.41, 5.74) is 1.94. The quantitative estimate of drug-likeness (QED) is 0.495. The third-order valence-corrected chi connectivity index (χ3v) is 5.93. The van der Waals surface area contributed by atoms with Gasteiger partial charge in [0.1, 0.15) is 5.82 Å². The fourth-order valence-corrected chi connectivity index (χ4v) is 4.13. The van der Waals surface area contributed by atoms with Crippen molar-refractivity contribution in [2.24, 2.45) is 13.0 Å². The number of hydrogen-bond donors (Lipinski definition) is 1. The van der Waals surface area contributed by atoms with Gasteiger partial charge in [0.05, 0.1) is 5.25 Å². The molecule has 0 spiro atoms. The lowest BCUT2D eigenvalue weighted by Crippen LogP contribution is -2.36. The molecule has 1 aromatic heterocycles. The molecule has 158 valence electrons. The van der Waals surface area contributed by atoms with Crippen LogP contribution in [0.5, 0.6) is 0 Å². The molecule has 1 heterocycles. The van der Waals surface area contributed by atoms with Crippen LogP contribution in [0.15, 0.2) is 34.2 Å². The minimum atomic E-state index is -0.305. The van der Waals surface area contributed by atoms with Crippen LogP contribution in [0.2, 0.25) is 0 Å². The van der Waals surface area contributed by atoms with E-state index < -0.39 is 0 Å². The van der Waals surface area contributed by atoms with Crippen LogP contribution in [0.25, 0.3) is 0 Å². The third-order valence-electron chi connectivity index (χ3n) is 4.62. The van der Waals surface area contributed by atoms with E-state index in [1.807, 2.05) is 6.92 Å². The molecular weight excluding hydrogens is 389 g/mol. The summed E-state index contributed by atoms with van der Waals surface area (Å²) >= 11 is 1.34. The summed E-state index contributed by atoms with van der Waals surface area (Å²) in [6, 6.07) is 6.12. The van der Waals surface area contributed by atoms with Gasteiger partial charge in [-0.25, -0.2) is 9.37 Å². The van der Waals surface area contributed by atoms with Crippen LogP contribution in [-0.4, -0.2) is 27.3 Å². The number of aromatic nitrogens is 2. The molecule has 7 heteroatoms. The Morgan fingerprint density at radius 1 is 1.28 bits per heavy atom. The minimum absolute atomic E-state index is 0.0205.